The average Bonchev–Trinajstić information content (AvgIpc) is 2.64. The quantitative estimate of drug-likeness (QED) is 0.667. The predicted molar refractivity (Wildman–Crippen MR) is 63.9 cm³/mol. The largest absolute Gasteiger partial charge is 0.246 e. The van der Waals surface area contributed by atoms with E-state index in [0.717, 1.165) is 12.0 Å². The van der Waals surface area contributed by atoms with Gasteiger partial charge in [0.05, 0.1) is 6.07 Å². The van der Waals surface area contributed by atoms with Crippen LogP contribution in [0.3, 0.4) is 0 Å². The maximum absolute atomic E-state index is 8.88. The molecule has 2 rings (SSSR count). The van der Waals surface area contributed by atoms with Gasteiger partial charge in [0.25, 0.3) is 0 Å². The molecule has 2 aliphatic rings. The van der Waals surface area contributed by atoms with Crippen molar-refractivity contribution in [2.24, 2.45) is 0 Å². The van der Waals surface area contributed by atoms with Crippen molar-refractivity contribution in [3.8, 4) is 6.07 Å². The van der Waals surface area contributed by atoms with Crippen LogP contribution in [0, 0.1) is 11.3 Å². The Morgan fingerprint density at radius 3 is 2.87 bits per heavy atom. The van der Waals surface area contributed by atoms with Crippen molar-refractivity contribution in [3.05, 3.63) is 34.8 Å². The molecule has 0 atom stereocenters. The van der Waals surface area contributed by atoms with E-state index < -0.39 is 0 Å². The highest BCUT2D eigenvalue weighted by atomic mass is 32.2. The molecular formula is C12H14N2S. The molecule has 0 aromatic rings. The molecule has 1 aliphatic heterocycles. The highest BCUT2D eigenvalue weighted by Gasteiger charge is 2.13. The van der Waals surface area contributed by atoms with Crippen molar-refractivity contribution in [3.63, 3.8) is 0 Å². The number of nitriles is 1. The molecule has 78 valence electrons. The van der Waals surface area contributed by atoms with Gasteiger partial charge < -0.3 is 0 Å². The topological polar surface area (TPSA) is 27.0 Å². The Labute approximate surface area is 95.1 Å². The van der Waals surface area contributed by atoms with Gasteiger partial charge in [-0.25, -0.2) is 4.31 Å². The van der Waals surface area contributed by atoms with Crippen molar-refractivity contribution >= 4 is 11.9 Å². The molecule has 2 nitrogen and oxygen atoms in total. The van der Waals surface area contributed by atoms with E-state index in [9.17, 15) is 0 Å². The number of hydrogen-bond donors (Lipinski definition) is 0. The van der Waals surface area contributed by atoms with Crippen LogP contribution in [0.4, 0.5) is 0 Å². The molecule has 0 aromatic heterocycles. The van der Waals surface area contributed by atoms with Gasteiger partial charge in [0.2, 0.25) is 0 Å². The Bertz CT molecular complexity index is 354. The Morgan fingerprint density at radius 1 is 1.33 bits per heavy atom. The summed E-state index contributed by atoms with van der Waals surface area (Å²) in [7, 11) is 0. The molecular weight excluding hydrogens is 204 g/mol. The first kappa shape index (κ1) is 10.5. The molecule has 3 heteroatoms. The highest BCUT2D eigenvalue weighted by molar-refractivity contribution is 8.01. The molecule has 0 N–H and O–H groups in total. The van der Waals surface area contributed by atoms with Crippen molar-refractivity contribution in [1.29, 1.82) is 5.26 Å². The van der Waals surface area contributed by atoms with Crippen molar-refractivity contribution in [1.82, 2.24) is 4.31 Å². The summed E-state index contributed by atoms with van der Waals surface area (Å²) in [5, 5.41) is 8.88. The standard InChI is InChI=1S/C12H14N2S/c13-10-11-5-1-2-6-12(9-11)15-14-7-3-4-8-14/h2,5-6,9H,1,3-4,7-8H2. The van der Waals surface area contributed by atoms with E-state index in [0.29, 0.717) is 0 Å². The molecule has 15 heavy (non-hydrogen) atoms. The van der Waals surface area contributed by atoms with Crippen LogP contribution in [0.5, 0.6) is 0 Å². The molecule has 0 aromatic carbocycles. The summed E-state index contributed by atoms with van der Waals surface area (Å²) < 4.78 is 2.37. The molecule has 0 amide bonds. The minimum atomic E-state index is 0.779. The zero-order chi connectivity index (χ0) is 10.5. The molecule has 1 saturated heterocycles. The van der Waals surface area contributed by atoms with Gasteiger partial charge in [-0.1, -0.05) is 18.2 Å². The zero-order valence-electron chi connectivity index (χ0n) is 8.65. The number of rotatable bonds is 2. The van der Waals surface area contributed by atoms with Crippen LogP contribution in [0.25, 0.3) is 0 Å². The molecule has 0 saturated carbocycles. The first-order chi connectivity index (χ1) is 7.38. The second-order valence-electron chi connectivity index (χ2n) is 3.68. The maximum atomic E-state index is 8.88. The minimum Gasteiger partial charge on any atom is -0.246 e. The smallest absolute Gasteiger partial charge is 0.0988 e. The van der Waals surface area contributed by atoms with E-state index in [1.807, 2.05) is 12.2 Å². The monoisotopic (exact) mass is 218 g/mol. The van der Waals surface area contributed by atoms with Gasteiger partial charge in [-0.15, -0.1) is 0 Å². The normalized spacial score (nSPS) is 21.8. The second kappa shape index (κ2) is 5.20. The zero-order valence-corrected chi connectivity index (χ0v) is 9.46. The molecule has 0 spiro atoms. The van der Waals surface area contributed by atoms with E-state index in [1.165, 1.54) is 30.8 Å². The summed E-state index contributed by atoms with van der Waals surface area (Å²) in [6.07, 6.45) is 11.6. The Morgan fingerprint density at radius 2 is 2.13 bits per heavy atom. The van der Waals surface area contributed by atoms with E-state index in [2.05, 4.69) is 22.5 Å². The molecule has 1 fully saturated rings. The lowest BCUT2D eigenvalue weighted by atomic mass is 10.2. The summed E-state index contributed by atoms with van der Waals surface area (Å²) >= 11 is 1.78. The number of nitrogens with zero attached hydrogens (tertiary/aromatic N) is 2. The average molecular weight is 218 g/mol. The summed E-state index contributed by atoms with van der Waals surface area (Å²) in [6, 6.07) is 2.21. The Balaban J connectivity index is 2.03. The fourth-order valence-electron chi connectivity index (χ4n) is 1.70. The van der Waals surface area contributed by atoms with Crippen molar-refractivity contribution in [2.75, 3.05) is 13.1 Å². The Hall–Kier alpha value is -0.980. The first-order valence-corrected chi connectivity index (χ1v) is 6.07. The molecule has 1 heterocycles. The summed E-state index contributed by atoms with van der Waals surface area (Å²) in [5.74, 6) is 0. The summed E-state index contributed by atoms with van der Waals surface area (Å²) in [6.45, 7) is 2.34. The van der Waals surface area contributed by atoms with Crippen LogP contribution in [-0.4, -0.2) is 17.4 Å². The molecule has 0 bridgehead atoms. The Kier molecular flexibility index (Phi) is 3.65. The lowest BCUT2D eigenvalue weighted by molar-refractivity contribution is 0.589. The van der Waals surface area contributed by atoms with Gasteiger partial charge >= 0.3 is 0 Å². The fourth-order valence-corrected chi connectivity index (χ4v) is 2.78. The molecule has 0 unspecified atom stereocenters. The van der Waals surface area contributed by atoms with E-state index in [1.54, 1.807) is 11.9 Å². The van der Waals surface area contributed by atoms with Crippen molar-refractivity contribution in [2.45, 2.75) is 19.3 Å². The van der Waals surface area contributed by atoms with Crippen molar-refractivity contribution < 1.29 is 0 Å². The van der Waals surface area contributed by atoms with Crippen LogP contribution in [0.1, 0.15) is 19.3 Å². The summed E-state index contributed by atoms with van der Waals surface area (Å²) in [5.41, 5.74) is 0.779. The fraction of sp³-hybridized carbons (Fsp3) is 0.417. The van der Waals surface area contributed by atoms with Gasteiger partial charge in [-0.2, -0.15) is 5.26 Å². The van der Waals surface area contributed by atoms with Gasteiger partial charge in [0.1, 0.15) is 0 Å². The van der Waals surface area contributed by atoms with E-state index in [4.69, 9.17) is 5.26 Å². The van der Waals surface area contributed by atoms with Crippen LogP contribution >= 0.6 is 11.9 Å². The minimum absolute atomic E-state index is 0.779. The lowest BCUT2D eigenvalue weighted by Crippen LogP contribution is -2.08. The van der Waals surface area contributed by atoms with E-state index >= 15 is 0 Å². The molecule has 0 radical (unpaired) electrons. The van der Waals surface area contributed by atoms with Gasteiger partial charge in [0.15, 0.2) is 0 Å². The van der Waals surface area contributed by atoms with E-state index in [-0.39, 0.29) is 0 Å². The van der Waals surface area contributed by atoms with Gasteiger partial charge in [0, 0.05) is 23.6 Å². The lowest BCUT2D eigenvalue weighted by Gasteiger charge is -2.13. The van der Waals surface area contributed by atoms with Crippen LogP contribution in [0.15, 0.2) is 34.8 Å². The maximum Gasteiger partial charge on any atom is 0.0988 e. The van der Waals surface area contributed by atoms with Gasteiger partial charge in [-0.3, -0.25) is 0 Å². The SMILES string of the molecule is N#CC1=CCC=CC(SN2CCCC2)=C1. The van der Waals surface area contributed by atoms with Gasteiger partial charge in [-0.05, 0) is 37.3 Å². The second-order valence-corrected chi connectivity index (χ2v) is 4.85. The van der Waals surface area contributed by atoms with Crippen LogP contribution in [0.2, 0.25) is 0 Å². The van der Waals surface area contributed by atoms with Crippen LogP contribution < -0.4 is 0 Å². The third kappa shape index (κ3) is 2.98. The van der Waals surface area contributed by atoms with Crippen LogP contribution in [-0.2, 0) is 0 Å². The number of allylic oxidation sites excluding steroid dienone is 5. The third-order valence-electron chi connectivity index (χ3n) is 2.48. The summed E-state index contributed by atoms with van der Waals surface area (Å²) in [4.78, 5) is 1.18. The predicted octanol–water partition coefficient (Wildman–Crippen LogP) is 3.02. The first-order valence-electron chi connectivity index (χ1n) is 5.30. The molecule has 1 aliphatic carbocycles. The number of hydrogen-bond acceptors (Lipinski definition) is 3. The highest BCUT2D eigenvalue weighted by Crippen LogP contribution is 2.28. The third-order valence-corrected chi connectivity index (χ3v) is 3.57.